The second kappa shape index (κ2) is 12.3. The molecule has 0 aromatic heterocycles. The molecule has 2 rings (SSSR count). The van der Waals surface area contributed by atoms with Crippen molar-refractivity contribution >= 4 is 35.5 Å². The Balaban J connectivity index is 1.98. The lowest BCUT2D eigenvalue weighted by molar-refractivity contribution is -0.150. The third-order valence-corrected chi connectivity index (χ3v) is 6.10. The van der Waals surface area contributed by atoms with Crippen LogP contribution in [0.4, 0.5) is 4.39 Å². The first-order valence-corrected chi connectivity index (χ1v) is 10.8. The van der Waals surface area contributed by atoms with Crippen molar-refractivity contribution in [1.82, 2.24) is 10.2 Å². The number of nitrogens with two attached hydrogens (primary N) is 1. The van der Waals surface area contributed by atoms with E-state index in [4.69, 9.17) is 15.6 Å². The maximum absolute atomic E-state index is 13.1. The van der Waals surface area contributed by atoms with Gasteiger partial charge in [0.2, 0.25) is 17.7 Å². The lowest BCUT2D eigenvalue weighted by atomic mass is 10.0. The number of amides is 3. The second-order valence-electron chi connectivity index (χ2n) is 7.08. The number of halogens is 1. The minimum Gasteiger partial charge on any atom is -0.480 e. The van der Waals surface area contributed by atoms with E-state index >= 15 is 0 Å². The smallest absolute Gasteiger partial charge is 0.329 e. The monoisotopic (exact) mass is 455 g/mol. The number of benzene rings is 1. The molecule has 0 saturated carbocycles. The minimum absolute atomic E-state index is 0.0170. The molecule has 1 fully saturated rings. The number of piperidine rings is 1. The Bertz CT molecular complexity index is 792. The second-order valence-corrected chi connectivity index (χ2v) is 8.37. The van der Waals surface area contributed by atoms with Crippen LogP contribution in [0.3, 0.4) is 0 Å². The number of carbonyl (C=O) groups excluding carboxylic acids is 3. The molecule has 0 spiro atoms. The van der Waals surface area contributed by atoms with Gasteiger partial charge < -0.3 is 25.8 Å². The molecule has 170 valence electrons. The molecule has 0 radical (unpaired) electrons. The molecule has 3 amide bonds. The third-order valence-electron chi connectivity index (χ3n) is 4.70. The lowest BCUT2D eigenvalue weighted by Crippen LogP contribution is -2.55. The molecule has 11 heteroatoms. The fourth-order valence-electron chi connectivity index (χ4n) is 3.16. The molecule has 31 heavy (non-hydrogen) atoms. The van der Waals surface area contributed by atoms with Crippen LogP contribution in [0.5, 0.6) is 0 Å². The highest BCUT2D eigenvalue weighted by Crippen LogP contribution is 2.30. The zero-order valence-electron chi connectivity index (χ0n) is 16.9. The summed E-state index contributed by atoms with van der Waals surface area (Å²) < 4.78 is 17.9. The number of nitrogens with zero attached hydrogens (tertiary/aromatic N) is 1. The number of carbonyl (C=O) groups is 4. The van der Waals surface area contributed by atoms with E-state index in [9.17, 15) is 23.6 Å². The Morgan fingerprint density at radius 3 is 2.58 bits per heavy atom. The van der Waals surface area contributed by atoms with E-state index in [1.165, 1.54) is 17.0 Å². The number of aliphatic carboxylic acids is 1. The largest absolute Gasteiger partial charge is 0.480 e. The van der Waals surface area contributed by atoms with Crippen LogP contribution in [0, 0.1) is 5.82 Å². The number of carboxylic acids is 1. The fraction of sp³-hybridized carbons (Fsp3) is 0.500. The molecule has 1 saturated heterocycles. The van der Waals surface area contributed by atoms with Gasteiger partial charge >= 0.3 is 5.97 Å². The summed E-state index contributed by atoms with van der Waals surface area (Å²) in [4.78, 5) is 48.1. The van der Waals surface area contributed by atoms with Gasteiger partial charge in [-0.05, 0) is 30.5 Å². The topological polar surface area (TPSA) is 139 Å². The van der Waals surface area contributed by atoms with E-state index < -0.39 is 42.9 Å². The zero-order chi connectivity index (χ0) is 22.8. The summed E-state index contributed by atoms with van der Waals surface area (Å²) in [5, 5.41) is 11.4. The predicted octanol–water partition coefficient (Wildman–Crippen LogP) is 0.511. The first kappa shape index (κ1) is 24.6. The number of carboxylic acid groups (broad SMARTS) is 1. The van der Waals surface area contributed by atoms with Crippen molar-refractivity contribution in [2.75, 3.05) is 26.3 Å². The number of likely N-dealkylation sites (tertiary alicyclic amines) is 1. The van der Waals surface area contributed by atoms with Gasteiger partial charge in [0.25, 0.3) is 0 Å². The van der Waals surface area contributed by atoms with Crippen molar-refractivity contribution in [3.8, 4) is 0 Å². The molecule has 0 aliphatic carbocycles. The maximum Gasteiger partial charge on any atom is 0.329 e. The Labute approximate surface area is 183 Å². The van der Waals surface area contributed by atoms with Crippen LogP contribution in [0.15, 0.2) is 24.3 Å². The van der Waals surface area contributed by atoms with Crippen molar-refractivity contribution in [2.45, 2.75) is 36.3 Å². The number of hydrogen-bond donors (Lipinski definition) is 3. The minimum atomic E-state index is -1.19. The highest BCUT2D eigenvalue weighted by Gasteiger charge is 2.36. The summed E-state index contributed by atoms with van der Waals surface area (Å²) in [6.07, 6.45) is 1.01. The Kier molecular flexibility index (Phi) is 9.73. The van der Waals surface area contributed by atoms with Crippen LogP contribution in [0.1, 0.15) is 24.8 Å². The molecule has 1 aromatic carbocycles. The molecule has 2 unspecified atom stereocenters. The van der Waals surface area contributed by atoms with E-state index in [2.05, 4.69) is 5.32 Å². The number of ether oxygens (including phenoxy) is 1. The van der Waals surface area contributed by atoms with Crippen LogP contribution in [-0.4, -0.2) is 71.3 Å². The summed E-state index contributed by atoms with van der Waals surface area (Å²) in [7, 11) is 0. The van der Waals surface area contributed by atoms with Crippen LogP contribution in [0.25, 0.3) is 0 Å². The average Bonchev–Trinajstić information content (AvgIpc) is 2.72. The van der Waals surface area contributed by atoms with Gasteiger partial charge in [-0.2, -0.15) is 11.8 Å². The molecule has 1 aliphatic heterocycles. The molecule has 2 atom stereocenters. The number of nitrogens with one attached hydrogen (secondary N) is 1. The molecule has 1 aromatic rings. The summed E-state index contributed by atoms with van der Waals surface area (Å²) in [5.74, 6) is -2.29. The van der Waals surface area contributed by atoms with Crippen molar-refractivity contribution in [2.24, 2.45) is 5.73 Å². The van der Waals surface area contributed by atoms with E-state index in [1.54, 1.807) is 23.9 Å². The Morgan fingerprint density at radius 1 is 1.23 bits per heavy atom. The average molecular weight is 456 g/mol. The number of primary amides is 1. The van der Waals surface area contributed by atoms with Gasteiger partial charge in [-0.1, -0.05) is 12.1 Å². The van der Waals surface area contributed by atoms with Crippen molar-refractivity contribution in [3.05, 3.63) is 35.6 Å². The summed E-state index contributed by atoms with van der Waals surface area (Å²) in [6.45, 7) is -0.671. The molecule has 9 nitrogen and oxygen atoms in total. The predicted molar refractivity (Wildman–Crippen MR) is 111 cm³/mol. The highest BCUT2D eigenvalue weighted by atomic mass is 32.2. The van der Waals surface area contributed by atoms with Crippen molar-refractivity contribution in [3.63, 3.8) is 0 Å². The van der Waals surface area contributed by atoms with Crippen molar-refractivity contribution in [1.29, 1.82) is 0 Å². The maximum atomic E-state index is 13.1. The van der Waals surface area contributed by atoms with E-state index in [0.29, 0.717) is 25.1 Å². The van der Waals surface area contributed by atoms with Crippen LogP contribution < -0.4 is 11.1 Å². The van der Waals surface area contributed by atoms with E-state index in [1.807, 2.05) is 0 Å². The van der Waals surface area contributed by atoms with Gasteiger partial charge in [0.15, 0.2) is 0 Å². The van der Waals surface area contributed by atoms with E-state index in [-0.39, 0.29) is 24.0 Å². The Hall–Kier alpha value is -2.66. The van der Waals surface area contributed by atoms with Gasteiger partial charge in [-0.25, -0.2) is 9.18 Å². The summed E-state index contributed by atoms with van der Waals surface area (Å²) in [5.41, 5.74) is 6.05. The molecular formula is C20H26FN3O6S. The normalized spacial score (nSPS) is 18.4. The fourth-order valence-corrected chi connectivity index (χ4v) is 4.37. The SMILES string of the molecule is NC(=O)CCNC(=O)C1CC(SCc2ccc(F)cc2)CCN1C(=O)COCC(=O)O. The van der Waals surface area contributed by atoms with Crippen LogP contribution in [0.2, 0.25) is 0 Å². The summed E-state index contributed by atoms with van der Waals surface area (Å²) in [6, 6.07) is 5.42. The third kappa shape index (κ3) is 8.54. The number of thioether (sulfide) groups is 1. The molecule has 0 bridgehead atoms. The molecular weight excluding hydrogens is 429 g/mol. The van der Waals surface area contributed by atoms with Gasteiger partial charge in [0, 0.05) is 30.5 Å². The van der Waals surface area contributed by atoms with Gasteiger partial charge in [0.1, 0.15) is 25.1 Å². The highest BCUT2D eigenvalue weighted by molar-refractivity contribution is 7.99. The van der Waals surface area contributed by atoms with Gasteiger partial charge in [-0.15, -0.1) is 0 Å². The quantitative estimate of drug-likeness (QED) is 0.442. The number of rotatable bonds is 11. The zero-order valence-corrected chi connectivity index (χ0v) is 17.7. The van der Waals surface area contributed by atoms with Crippen molar-refractivity contribution < 1.29 is 33.4 Å². The molecule has 4 N–H and O–H groups in total. The standard InChI is InChI=1S/C20H26FN3O6S/c21-14-3-1-13(2-4-14)12-31-15-6-8-24(18(26)10-30-11-19(27)28)16(9-15)20(29)23-7-5-17(22)25/h1-4,15-16H,5-12H2,(H2,22,25)(H,23,29)(H,27,28). The van der Waals surface area contributed by atoms with Crippen LogP contribution >= 0.6 is 11.8 Å². The van der Waals surface area contributed by atoms with Crippen LogP contribution in [-0.2, 0) is 29.7 Å². The first-order chi connectivity index (χ1) is 14.8. The van der Waals surface area contributed by atoms with E-state index in [0.717, 1.165) is 5.56 Å². The molecule has 1 heterocycles. The van der Waals surface area contributed by atoms with Gasteiger partial charge in [0.05, 0.1) is 0 Å². The first-order valence-electron chi connectivity index (χ1n) is 9.77. The summed E-state index contributed by atoms with van der Waals surface area (Å²) >= 11 is 1.62. The molecule has 1 aliphatic rings. The Morgan fingerprint density at radius 2 is 1.94 bits per heavy atom. The lowest BCUT2D eigenvalue weighted by Gasteiger charge is -2.38. The number of hydrogen-bond acceptors (Lipinski definition) is 6. The van der Waals surface area contributed by atoms with Gasteiger partial charge in [-0.3, -0.25) is 14.4 Å².